The van der Waals surface area contributed by atoms with Crippen molar-refractivity contribution in [3.8, 4) is 11.5 Å². The smallest absolute Gasteiger partial charge is 0.341 e. The molecule has 1 heterocycles. The number of nitro benzene ring substituents is 1. The van der Waals surface area contributed by atoms with E-state index in [2.05, 4.69) is 5.43 Å². The van der Waals surface area contributed by atoms with Crippen molar-refractivity contribution < 1.29 is 33.9 Å². The maximum absolute atomic E-state index is 12.8. The van der Waals surface area contributed by atoms with Gasteiger partial charge in [0.1, 0.15) is 0 Å². The number of carbonyl (C=O) groups is 3. The van der Waals surface area contributed by atoms with E-state index in [9.17, 15) is 24.5 Å². The number of ether oxygens (including phenoxy) is 2. The first-order valence-electron chi connectivity index (χ1n) is 9.64. The lowest BCUT2D eigenvalue weighted by molar-refractivity contribution is -0.384. The fraction of sp³-hybridized carbons (Fsp3) is 0.143. The van der Waals surface area contributed by atoms with E-state index in [-0.39, 0.29) is 26.2 Å². The summed E-state index contributed by atoms with van der Waals surface area (Å²) < 4.78 is 10.8. The van der Waals surface area contributed by atoms with Gasteiger partial charge in [-0.15, -0.1) is 0 Å². The zero-order valence-corrected chi connectivity index (χ0v) is 19.2. The van der Waals surface area contributed by atoms with Crippen molar-refractivity contribution in [3.63, 3.8) is 0 Å². The quantitative estimate of drug-likeness (QED) is 0.226. The predicted molar refractivity (Wildman–Crippen MR) is 126 cm³/mol. The van der Waals surface area contributed by atoms with Crippen LogP contribution in [0.2, 0.25) is 0 Å². The number of thioether (sulfide) groups is 1. The van der Waals surface area contributed by atoms with Crippen LogP contribution in [0.4, 0.5) is 5.69 Å². The summed E-state index contributed by atoms with van der Waals surface area (Å²) in [7, 11) is 0. The van der Waals surface area contributed by atoms with Crippen molar-refractivity contribution in [1.82, 2.24) is 10.4 Å². The number of carbonyl (C=O) groups excluding carboxylic acids is 2. The van der Waals surface area contributed by atoms with Crippen LogP contribution in [-0.4, -0.2) is 50.4 Å². The summed E-state index contributed by atoms with van der Waals surface area (Å²) in [5.74, 6) is -1.81. The highest BCUT2D eigenvalue weighted by Crippen LogP contribution is 2.34. The molecule has 0 atom stereocenters. The number of rotatable bonds is 9. The van der Waals surface area contributed by atoms with Gasteiger partial charge in [-0.25, -0.2) is 4.79 Å². The normalized spacial score (nSPS) is 14.3. The van der Waals surface area contributed by atoms with Gasteiger partial charge in [-0.05, 0) is 55.0 Å². The number of benzene rings is 2. The van der Waals surface area contributed by atoms with E-state index in [1.54, 1.807) is 25.1 Å². The van der Waals surface area contributed by atoms with Gasteiger partial charge in [0.2, 0.25) is 0 Å². The van der Waals surface area contributed by atoms with Gasteiger partial charge < -0.3 is 14.6 Å². The first-order valence-corrected chi connectivity index (χ1v) is 10.9. The lowest BCUT2D eigenvalue weighted by Gasteiger charge is -2.15. The van der Waals surface area contributed by atoms with E-state index >= 15 is 0 Å². The molecule has 3 rings (SSSR count). The second kappa shape index (κ2) is 10.8. The van der Waals surface area contributed by atoms with Crippen LogP contribution < -0.4 is 14.9 Å². The maximum Gasteiger partial charge on any atom is 0.341 e. The molecule has 0 bridgehead atoms. The van der Waals surface area contributed by atoms with Gasteiger partial charge >= 0.3 is 5.97 Å². The molecule has 11 nitrogen and oxygen atoms in total. The predicted octanol–water partition coefficient (Wildman–Crippen LogP) is 3.00. The second-order valence-electron chi connectivity index (χ2n) is 6.58. The molecule has 1 aliphatic rings. The summed E-state index contributed by atoms with van der Waals surface area (Å²) in [5.41, 5.74) is 2.90. The Kier molecular flexibility index (Phi) is 7.81. The molecule has 0 radical (unpaired) electrons. The number of carboxylic acids is 1. The van der Waals surface area contributed by atoms with E-state index < -0.39 is 29.3 Å². The third kappa shape index (κ3) is 5.88. The number of nitrogens with zero attached hydrogens (tertiary/aromatic N) is 2. The average molecular weight is 504 g/mol. The first-order chi connectivity index (χ1) is 16.2. The van der Waals surface area contributed by atoms with Crippen molar-refractivity contribution in [2.24, 2.45) is 0 Å². The van der Waals surface area contributed by atoms with Crippen molar-refractivity contribution in [1.29, 1.82) is 0 Å². The molecule has 0 aliphatic carbocycles. The number of non-ortho nitro benzene ring substituents is 1. The standard InChI is InChI=1S/C21H17N3O8S2/c1-2-31-16-9-12(3-8-15(16)32-11-18(25)26)10-17-20(28)23(21(33)34-17)22-19(27)13-4-6-14(7-5-13)24(29)30/h3-10H,2,11H2,1H3,(H,22,27)(H,25,26)/b17-10+. The minimum Gasteiger partial charge on any atom is -0.490 e. The van der Waals surface area contributed by atoms with Gasteiger partial charge in [0.15, 0.2) is 22.4 Å². The molecule has 2 aromatic rings. The summed E-state index contributed by atoms with van der Waals surface area (Å²) in [4.78, 5) is 46.4. The summed E-state index contributed by atoms with van der Waals surface area (Å²) in [6.45, 7) is 1.53. The molecule has 0 unspecified atom stereocenters. The van der Waals surface area contributed by atoms with Crippen LogP contribution in [0.15, 0.2) is 47.4 Å². The van der Waals surface area contributed by atoms with Gasteiger partial charge in [0.25, 0.3) is 17.5 Å². The van der Waals surface area contributed by atoms with E-state index in [0.29, 0.717) is 17.9 Å². The van der Waals surface area contributed by atoms with Gasteiger partial charge in [0, 0.05) is 17.7 Å². The Balaban J connectivity index is 1.76. The lowest BCUT2D eigenvalue weighted by Crippen LogP contribution is -2.44. The number of thiocarbonyl (C=S) groups is 1. The molecule has 0 spiro atoms. The minimum absolute atomic E-state index is 0.0953. The summed E-state index contributed by atoms with van der Waals surface area (Å²) >= 11 is 6.18. The molecule has 2 aromatic carbocycles. The lowest BCUT2D eigenvalue weighted by atomic mass is 10.2. The molecule has 2 N–H and O–H groups in total. The highest BCUT2D eigenvalue weighted by atomic mass is 32.2. The maximum atomic E-state index is 12.8. The molecule has 0 saturated carbocycles. The number of hydrogen-bond acceptors (Lipinski definition) is 9. The molecule has 176 valence electrons. The van der Waals surface area contributed by atoms with Crippen LogP contribution in [0.3, 0.4) is 0 Å². The largest absolute Gasteiger partial charge is 0.490 e. The number of nitro groups is 1. The number of hydrazine groups is 1. The molecule has 1 fully saturated rings. The monoisotopic (exact) mass is 503 g/mol. The number of nitrogens with one attached hydrogen (secondary N) is 1. The van der Waals surface area contributed by atoms with Crippen LogP contribution in [0.25, 0.3) is 6.08 Å². The summed E-state index contributed by atoms with van der Waals surface area (Å²) in [6.07, 6.45) is 1.54. The molecule has 1 saturated heterocycles. The van der Waals surface area contributed by atoms with E-state index in [1.165, 1.54) is 30.3 Å². The zero-order chi connectivity index (χ0) is 24.8. The fourth-order valence-electron chi connectivity index (χ4n) is 2.76. The highest BCUT2D eigenvalue weighted by molar-refractivity contribution is 8.26. The average Bonchev–Trinajstić information content (AvgIpc) is 3.06. The molecular weight excluding hydrogens is 486 g/mol. The van der Waals surface area contributed by atoms with Crippen LogP contribution >= 0.6 is 24.0 Å². The van der Waals surface area contributed by atoms with Crippen molar-refractivity contribution in [2.45, 2.75) is 6.92 Å². The number of amides is 2. The second-order valence-corrected chi connectivity index (χ2v) is 8.26. The van der Waals surface area contributed by atoms with Crippen molar-refractivity contribution >= 4 is 57.8 Å². The van der Waals surface area contributed by atoms with Crippen LogP contribution in [0.5, 0.6) is 11.5 Å². The Morgan fingerprint density at radius 2 is 1.91 bits per heavy atom. The third-order valence-electron chi connectivity index (χ3n) is 4.26. The molecule has 1 aliphatic heterocycles. The Hall–Kier alpha value is -3.97. The SMILES string of the molecule is CCOc1cc(/C=C2/SC(=S)N(NC(=O)c3ccc([N+](=O)[O-])cc3)C2=O)ccc1OCC(=O)O. The van der Waals surface area contributed by atoms with Gasteiger partial charge in [-0.3, -0.25) is 25.1 Å². The first kappa shape index (κ1) is 24.7. The van der Waals surface area contributed by atoms with Crippen LogP contribution in [0.1, 0.15) is 22.8 Å². The molecule has 0 aromatic heterocycles. The van der Waals surface area contributed by atoms with Gasteiger partial charge in [-0.2, -0.15) is 5.01 Å². The molecule has 34 heavy (non-hydrogen) atoms. The third-order valence-corrected chi connectivity index (χ3v) is 5.57. The molecular formula is C21H17N3O8S2. The van der Waals surface area contributed by atoms with Gasteiger partial charge in [0.05, 0.1) is 16.4 Å². The van der Waals surface area contributed by atoms with E-state index in [1.807, 2.05) is 0 Å². The molecule has 2 amide bonds. The van der Waals surface area contributed by atoms with Crippen molar-refractivity contribution in [3.05, 3.63) is 68.6 Å². The number of carboxylic acid groups (broad SMARTS) is 1. The highest BCUT2D eigenvalue weighted by Gasteiger charge is 2.34. The molecule has 13 heteroatoms. The Bertz CT molecular complexity index is 1200. The Labute approximate surface area is 202 Å². The summed E-state index contributed by atoms with van der Waals surface area (Å²) in [6, 6.07) is 9.62. The van der Waals surface area contributed by atoms with Crippen molar-refractivity contribution in [2.75, 3.05) is 13.2 Å². The Morgan fingerprint density at radius 1 is 1.21 bits per heavy atom. The van der Waals surface area contributed by atoms with Crippen LogP contribution in [0, 0.1) is 10.1 Å². The van der Waals surface area contributed by atoms with E-state index in [0.717, 1.165) is 16.8 Å². The number of hydrogen-bond donors (Lipinski definition) is 2. The summed E-state index contributed by atoms with van der Waals surface area (Å²) in [5, 5.41) is 20.5. The Morgan fingerprint density at radius 3 is 2.53 bits per heavy atom. The topological polar surface area (TPSA) is 148 Å². The zero-order valence-electron chi connectivity index (χ0n) is 17.5. The van der Waals surface area contributed by atoms with Gasteiger partial charge in [-0.1, -0.05) is 17.8 Å². The fourth-order valence-corrected chi connectivity index (χ4v) is 3.94. The van der Waals surface area contributed by atoms with Crippen LogP contribution in [-0.2, 0) is 9.59 Å². The minimum atomic E-state index is -1.13. The number of aliphatic carboxylic acids is 1. The van der Waals surface area contributed by atoms with E-state index in [4.69, 9.17) is 26.8 Å².